The summed E-state index contributed by atoms with van der Waals surface area (Å²) in [6.07, 6.45) is 0. The molecule has 0 aromatic heterocycles. The molecular formula is C18H20N2O7. The Morgan fingerprint density at radius 3 is 2.52 bits per heavy atom. The number of likely N-dealkylation sites (tertiary alicyclic amines) is 1. The van der Waals surface area contributed by atoms with Crippen LogP contribution in [0, 0.1) is 11.8 Å². The number of hydrogen-bond donors (Lipinski definition) is 1. The number of amides is 2. The van der Waals surface area contributed by atoms with Crippen LogP contribution in [0.15, 0.2) is 12.1 Å². The highest BCUT2D eigenvalue weighted by atomic mass is 16.7. The highest BCUT2D eigenvalue weighted by Crippen LogP contribution is 2.52. The Balaban J connectivity index is 1.86. The van der Waals surface area contributed by atoms with E-state index >= 15 is 0 Å². The Kier molecular flexibility index (Phi) is 3.81. The Morgan fingerprint density at radius 1 is 1.22 bits per heavy atom. The second kappa shape index (κ2) is 5.85. The summed E-state index contributed by atoms with van der Waals surface area (Å²) in [6.45, 7) is 1.67. The van der Waals surface area contributed by atoms with Crippen molar-refractivity contribution >= 4 is 17.8 Å². The van der Waals surface area contributed by atoms with Gasteiger partial charge in [0.2, 0.25) is 18.6 Å². The van der Waals surface area contributed by atoms with E-state index in [4.69, 9.17) is 18.9 Å². The molecule has 9 heteroatoms. The Bertz CT molecular complexity index is 854. The number of ether oxygens (including phenoxy) is 4. The van der Waals surface area contributed by atoms with E-state index in [1.165, 1.54) is 21.3 Å². The topological polar surface area (TPSA) is 103 Å². The first-order chi connectivity index (χ1) is 12.8. The Morgan fingerprint density at radius 2 is 1.89 bits per heavy atom. The number of hydrogen-bond acceptors (Lipinski definition) is 8. The zero-order valence-corrected chi connectivity index (χ0v) is 15.4. The number of methoxy groups -OCH3 is 2. The lowest BCUT2D eigenvalue weighted by Gasteiger charge is -2.28. The summed E-state index contributed by atoms with van der Waals surface area (Å²) in [4.78, 5) is 39.1. The van der Waals surface area contributed by atoms with Gasteiger partial charge in [-0.05, 0) is 13.0 Å². The van der Waals surface area contributed by atoms with Gasteiger partial charge in [0, 0.05) is 24.7 Å². The lowest BCUT2D eigenvalue weighted by Crippen LogP contribution is -2.53. The predicted molar refractivity (Wildman–Crippen MR) is 90.2 cm³/mol. The largest absolute Gasteiger partial charge is 0.496 e. The SMILES string of the molecule is COC(=O)[C@@]1(C)N[C@@H](c2cc3c(cc2OC)OCO3)[C@H]2C(=O)N(C)C(=O)[C@H]21. The number of fused-ring (bicyclic) bond motifs is 2. The molecule has 1 aromatic rings. The normalized spacial score (nSPS) is 31.3. The zero-order valence-electron chi connectivity index (χ0n) is 15.4. The first-order valence-corrected chi connectivity index (χ1v) is 8.48. The van der Waals surface area contributed by atoms with Gasteiger partial charge in [0.15, 0.2) is 11.5 Å². The molecule has 2 amide bonds. The van der Waals surface area contributed by atoms with Crippen LogP contribution in [0.2, 0.25) is 0 Å². The molecule has 0 bridgehead atoms. The molecule has 27 heavy (non-hydrogen) atoms. The molecule has 3 aliphatic rings. The third-order valence-electron chi connectivity index (χ3n) is 5.68. The summed E-state index contributed by atoms with van der Waals surface area (Å²) in [5.41, 5.74) is -0.732. The van der Waals surface area contributed by atoms with E-state index in [0.29, 0.717) is 22.8 Å². The second-order valence-electron chi connectivity index (χ2n) is 7.00. The molecule has 0 spiro atoms. The van der Waals surface area contributed by atoms with Crippen molar-refractivity contribution in [2.45, 2.75) is 18.5 Å². The van der Waals surface area contributed by atoms with Gasteiger partial charge in [-0.15, -0.1) is 0 Å². The Hall–Kier alpha value is -2.81. The number of esters is 1. The van der Waals surface area contributed by atoms with Crippen molar-refractivity contribution in [3.8, 4) is 17.2 Å². The number of carbonyl (C=O) groups is 3. The quantitative estimate of drug-likeness (QED) is 0.591. The molecule has 4 atom stereocenters. The number of rotatable bonds is 3. The van der Waals surface area contributed by atoms with Crippen LogP contribution in [0.25, 0.3) is 0 Å². The van der Waals surface area contributed by atoms with Crippen LogP contribution in [-0.4, -0.2) is 56.3 Å². The van der Waals surface area contributed by atoms with Crippen molar-refractivity contribution in [1.29, 1.82) is 0 Å². The average Bonchev–Trinajstić information content (AvgIpc) is 3.31. The molecule has 0 aliphatic carbocycles. The van der Waals surface area contributed by atoms with Gasteiger partial charge >= 0.3 is 5.97 Å². The second-order valence-corrected chi connectivity index (χ2v) is 7.00. The molecule has 144 valence electrons. The monoisotopic (exact) mass is 376 g/mol. The van der Waals surface area contributed by atoms with Gasteiger partial charge in [0.1, 0.15) is 11.3 Å². The molecule has 1 N–H and O–H groups in total. The van der Waals surface area contributed by atoms with Gasteiger partial charge < -0.3 is 18.9 Å². The predicted octanol–water partition coefficient (Wildman–Crippen LogP) is 0.231. The van der Waals surface area contributed by atoms with Gasteiger partial charge in [0.05, 0.1) is 26.1 Å². The molecule has 3 heterocycles. The maximum Gasteiger partial charge on any atom is 0.326 e. The number of nitrogens with one attached hydrogen (secondary N) is 1. The minimum absolute atomic E-state index is 0.0894. The zero-order chi connectivity index (χ0) is 19.5. The summed E-state index contributed by atoms with van der Waals surface area (Å²) in [6, 6.07) is 2.76. The van der Waals surface area contributed by atoms with Crippen LogP contribution < -0.4 is 19.5 Å². The molecule has 3 aliphatic heterocycles. The van der Waals surface area contributed by atoms with Gasteiger partial charge in [-0.25, -0.2) is 0 Å². The molecule has 0 unspecified atom stereocenters. The van der Waals surface area contributed by atoms with Crippen LogP contribution in [0.1, 0.15) is 18.5 Å². The minimum Gasteiger partial charge on any atom is -0.496 e. The fourth-order valence-corrected chi connectivity index (χ4v) is 4.31. The van der Waals surface area contributed by atoms with Crippen molar-refractivity contribution in [3.05, 3.63) is 17.7 Å². The van der Waals surface area contributed by atoms with E-state index in [0.717, 1.165) is 4.90 Å². The van der Waals surface area contributed by atoms with E-state index in [1.54, 1.807) is 19.1 Å². The summed E-state index contributed by atoms with van der Waals surface area (Å²) >= 11 is 0. The smallest absolute Gasteiger partial charge is 0.326 e. The van der Waals surface area contributed by atoms with Crippen LogP contribution in [0.4, 0.5) is 0 Å². The summed E-state index contributed by atoms with van der Waals surface area (Å²) in [7, 11) is 4.18. The van der Waals surface area contributed by atoms with Crippen LogP contribution >= 0.6 is 0 Å². The van der Waals surface area contributed by atoms with Gasteiger partial charge in [-0.2, -0.15) is 0 Å². The van der Waals surface area contributed by atoms with E-state index in [1.807, 2.05) is 0 Å². The third-order valence-corrected chi connectivity index (χ3v) is 5.68. The fourth-order valence-electron chi connectivity index (χ4n) is 4.31. The lowest BCUT2D eigenvalue weighted by molar-refractivity contribution is -0.152. The minimum atomic E-state index is -1.34. The molecule has 0 saturated carbocycles. The summed E-state index contributed by atoms with van der Waals surface area (Å²) < 4.78 is 21.2. The van der Waals surface area contributed by atoms with Crippen molar-refractivity contribution in [1.82, 2.24) is 10.2 Å². The van der Waals surface area contributed by atoms with Crippen LogP contribution in [0.5, 0.6) is 17.2 Å². The van der Waals surface area contributed by atoms with Crippen molar-refractivity contribution < 1.29 is 33.3 Å². The van der Waals surface area contributed by atoms with Crippen molar-refractivity contribution in [2.75, 3.05) is 28.1 Å². The molecule has 1 aromatic carbocycles. The highest BCUT2D eigenvalue weighted by molar-refractivity contribution is 6.09. The molecule has 2 saturated heterocycles. The summed E-state index contributed by atoms with van der Waals surface area (Å²) in [5, 5.41) is 3.16. The third kappa shape index (κ3) is 2.24. The first-order valence-electron chi connectivity index (χ1n) is 8.48. The number of benzene rings is 1. The van der Waals surface area contributed by atoms with Crippen LogP contribution in [-0.2, 0) is 19.1 Å². The standard InChI is InChI=1S/C18H20N2O7/c1-18(17(23)25-4)13-12(15(21)20(2)16(13)22)14(19-18)8-5-10-11(27-7-26-10)6-9(8)24-3/h5-6,12-14,19H,7H2,1-4H3/t12-,13-,14-,18-/m0/s1. The summed E-state index contributed by atoms with van der Waals surface area (Å²) in [5.74, 6) is -1.48. The van der Waals surface area contributed by atoms with Crippen LogP contribution in [0.3, 0.4) is 0 Å². The lowest BCUT2D eigenvalue weighted by atomic mass is 9.80. The van der Waals surface area contributed by atoms with Gasteiger partial charge in [-0.1, -0.05) is 0 Å². The number of nitrogens with zero attached hydrogens (tertiary/aromatic N) is 1. The fraction of sp³-hybridized carbons (Fsp3) is 0.500. The average molecular weight is 376 g/mol. The van der Waals surface area contributed by atoms with Crippen molar-refractivity contribution in [3.63, 3.8) is 0 Å². The highest BCUT2D eigenvalue weighted by Gasteiger charge is 2.66. The van der Waals surface area contributed by atoms with E-state index < -0.39 is 35.3 Å². The van der Waals surface area contributed by atoms with E-state index in [-0.39, 0.29) is 12.7 Å². The molecule has 4 rings (SSSR count). The van der Waals surface area contributed by atoms with Gasteiger partial charge in [0.25, 0.3) is 0 Å². The molecule has 0 radical (unpaired) electrons. The number of carbonyl (C=O) groups excluding carboxylic acids is 3. The first kappa shape index (κ1) is 17.6. The van der Waals surface area contributed by atoms with Crippen molar-refractivity contribution in [2.24, 2.45) is 11.8 Å². The van der Waals surface area contributed by atoms with Gasteiger partial charge in [-0.3, -0.25) is 24.6 Å². The van der Waals surface area contributed by atoms with E-state index in [9.17, 15) is 14.4 Å². The maximum absolute atomic E-state index is 12.8. The Labute approximate surface area is 155 Å². The molecular weight excluding hydrogens is 356 g/mol. The number of imide groups is 1. The maximum atomic E-state index is 12.8. The molecule has 2 fully saturated rings. The van der Waals surface area contributed by atoms with E-state index in [2.05, 4.69) is 5.32 Å². The molecule has 9 nitrogen and oxygen atoms in total.